The topological polar surface area (TPSA) is 94.6 Å². The fraction of sp³-hybridized carbons (Fsp3) is 0.250. The van der Waals surface area contributed by atoms with Gasteiger partial charge in [0.25, 0.3) is 0 Å². The summed E-state index contributed by atoms with van der Waals surface area (Å²) in [5.41, 5.74) is 8.26. The van der Waals surface area contributed by atoms with E-state index >= 15 is 0 Å². The van der Waals surface area contributed by atoms with Crippen molar-refractivity contribution in [3.63, 3.8) is 0 Å². The van der Waals surface area contributed by atoms with Crippen LogP contribution in [0.15, 0.2) is 63.7 Å². The molecule has 0 spiro atoms. The van der Waals surface area contributed by atoms with Crippen molar-refractivity contribution in [3.8, 4) is 17.6 Å². The molecule has 0 aromatic heterocycles. The number of nitrogens with zero attached hydrogens (tertiary/aromatic N) is 1. The second-order valence-corrected chi connectivity index (χ2v) is 8.71. The van der Waals surface area contributed by atoms with Gasteiger partial charge in [0.2, 0.25) is 5.88 Å². The molecule has 32 heavy (non-hydrogen) atoms. The predicted octanol–water partition coefficient (Wildman–Crippen LogP) is 5.50. The third-order valence-electron chi connectivity index (χ3n) is 5.52. The molecule has 4 rings (SSSR count). The van der Waals surface area contributed by atoms with Crippen molar-refractivity contribution in [2.75, 3.05) is 7.11 Å². The van der Waals surface area contributed by atoms with E-state index in [1.165, 1.54) is 7.11 Å². The van der Waals surface area contributed by atoms with Gasteiger partial charge in [-0.05, 0) is 46.1 Å². The first-order chi connectivity index (χ1) is 15.4. The van der Waals surface area contributed by atoms with Gasteiger partial charge in [0.05, 0.1) is 17.5 Å². The van der Waals surface area contributed by atoms with E-state index in [1.54, 1.807) is 12.1 Å². The van der Waals surface area contributed by atoms with E-state index in [1.807, 2.05) is 24.3 Å². The van der Waals surface area contributed by atoms with E-state index in [2.05, 4.69) is 22.0 Å². The maximum absolute atomic E-state index is 12.8. The van der Waals surface area contributed by atoms with Crippen LogP contribution in [0.5, 0.6) is 11.5 Å². The summed E-state index contributed by atoms with van der Waals surface area (Å²) >= 11 is 9.79. The number of halogens is 2. The molecule has 1 atom stereocenters. The lowest BCUT2D eigenvalue weighted by Gasteiger charge is -2.31. The fourth-order valence-electron chi connectivity index (χ4n) is 4.00. The largest absolute Gasteiger partial charge is 0.493 e. The number of methoxy groups -OCH3 is 1. The minimum absolute atomic E-state index is 0.0279. The molecular weight excluding hydrogens is 496 g/mol. The molecule has 2 N–H and O–H groups in total. The minimum atomic E-state index is -0.626. The number of carbonyl (C=O) groups is 1. The molecule has 0 amide bonds. The molecule has 0 radical (unpaired) electrons. The van der Waals surface area contributed by atoms with Crippen LogP contribution in [0.1, 0.15) is 36.3 Å². The second kappa shape index (κ2) is 9.27. The van der Waals surface area contributed by atoms with Gasteiger partial charge in [-0.15, -0.1) is 0 Å². The summed E-state index contributed by atoms with van der Waals surface area (Å²) in [6.45, 7) is 0.245. The highest BCUT2D eigenvalue weighted by atomic mass is 79.9. The van der Waals surface area contributed by atoms with Gasteiger partial charge in [0.15, 0.2) is 17.3 Å². The Kier molecular flexibility index (Phi) is 6.45. The van der Waals surface area contributed by atoms with Crippen LogP contribution in [0.4, 0.5) is 0 Å². The summed E-state index contributed by atoms with van der Waals surface area (Å²) in [4.78, 5) is 12.8. The van der Waals surface area contributed by atoms with E-state index in [4.69, 9.17) is 31.5 Å². The number of allylic oxidation sites excluding steroid dienone is 3. The lowest BCUT2D eigenvalue weighted by atomic mass is 9.77. The van der Waals surface area contributed by atoms with E-state index < -0.39 is 5.92 Å². The minimum Gasteiger partial charge on any atom is -0.493 e. The number of nitrogens with two attached hydrogens (primary N) is 1. The Morgan fingerprint density at radius 2 is 2.09 bits per heavy atom. The van der Waals surface area contributed by atoms with Crippen molar-refractivity contribution in [1.29, 1.82) is 5.26 Å². The lowest BCUT2D eigenvalue weighted by Crippen LogP contribution is -2.27. The number of hydrogen-bond acceptors (Lipinski definition) is 6. The number of rotatable bonds is 5. The van der Waals surface area contributed by atoms with Crippen molar-refractivity contribution in [2.45, 2.75) is 31.8 Å². The molecular formula is C24H20BrClN2O4. The quantitative estimate of drug-likeness (QED) is 0.565. The molecule has 2 aromatic carbocycles. The average molecular weight is 516 g/mol. The Bertz CT molecular complexity index is 1200. The molecule has 1 aliphatic carbocycles. The van der Waals surface area contributed by atoms with Gasteiger partial charge in [-0.1, -0.05) is 29.8 Å². The molecule has 2 aromatic rings. The smallest absolute Gasteiger partial charge is 0.205 e. The van der Waals surface area contributed by atoms with Crippen molar-refractivity contribution in [2.24, 2.45) is 5.73 Å². The molecule has 0 unspecified atom stereocenters. The summed E-state index contributed by atoms with van der Waals surface area (Å²) in [5, 5.41) is 10.4. The molecule has 0 bridgehead atoms. The first-order valence-electron chi connectivity index (χ1n) is 10.0. The van der Waals surface area contributed by atoms with Crippen LogP contribution in [-0.4, -0.2) is 12.9 Å². The highest BCUT2D eigenvalue weighted by Crippen LogP contribution is 2.47. The van der Waals surface area contributed by atoms with Crippen LogP contribution in [0.25, 0.3) is 0 Å². The number of carbonyl (C=O) groups excluding carboxylic acids is 1. The number of benzene rings is 2. The highest BCUT2D eigenvalue weighted by molar-refractivity contribution is 9.10. The second-order valence-electron chi connectivity index (χ2n) is 7.45. The first-order valence-corrected chi connectivity index (χ1v) is 11.2. The van der Waals surface area contributed by atoms with Gasteiger partial charge in [0, 0.05) is 29.0 Å². The first kappa shape index (κ1) is 22.3. The summed E-state index contributed by atoms with van der Waals surface area (Å²) < 4.78 is 17.8. The van der Waals surface area contributed by atoms with Crippen LogP contribution in [0.2, 0.25) is 5.02 Å². The summed E-state index contributed by atoms with van der Waals surface area (Å²) in [7, 11) is 1.53. The van der Waals surface area contributed by atoms with Gasteiger partial charge in [0.1, 0.15) is 24.0 Å². The van der Waals surface area contributed by atoms with Crippen LogP contribution in [-0.2, 0) is 16.1 Å². The Morgan fingerprint density at radius 3 is 2.81 bits per heavy atom. The SMILES string of the molecule is COc1cc([C@@H]2C(C#N)=C(N)OC3=C2C(=O)CCC3)cc(Br)c1OCc1ccccc1Cl. The van der Waals surface area contributed by atoms with Crippen molar-refractivity contribution < 1.29 is 19.0 Å². The van der Waals surface area contributed by atoms with Crippen molar-refractivity contribution in [3.05, 3.63) is 79.8 Å². The third-order valence-corrected chi connectivity index (χ3v) is 6.48. The number of ketones is 1. The standard InChI is InChI=1S/C24H20BrClN2O4/c1-30-20-10-14(9-16(25)23(20)31-12-13-5-2-3-6-17(13)26)21-15(11-27)24(28)32-19-8-4-7-18(29)22(19)21/h2-3,5-6,9-10,21H,4,7-8,12,28H2,1H3/t21-/m1/s1. The van der Waals surface area contributed by atoms with E-state index in [-0.39, 0.29) is 23.8 Å². The Hall–Kier alpha value is -2.95. The Balaban J connectivity index is 1.75. The molecule has 8 heteroatoms. The van der Waals surface area contributed by atoms with Crippen LogP contribution in [0.3, 0.4) is 0 Å². The molecule has 1 aliphatic heterocycles. The van der Waals surface area contributed by atoms with Gasteiger partial charge in [-0.2, -0.15) is 5.26 Å². The van der Waals surface area contributed by atoms with Gasteiger partial charge in [-0.25, -0.2) is 0 Å². The molecule has 1 heterocycles. The fourth-order valence-corrected chi connectivity index (χ4v) is 4.77. The molecule has 0 saturated carbocycles. The van der Waals surface area contributed by atoms with E-state index in [9.17, 15) is 10.1 Å². The zero-order valence-corrected chi connectivity index (χ0v) is 19.6. The predicted molar refractivity (Wildman–Crippen MR) is 123 cm³/mol. The van der Waals surface area contributed by atoms with Crippen LogP contribution >= 0.6 is 27.5 Å². The Morgan fingerprint density at radius 1 is 1.31 bits per heavy atom. The third kappa shape index (κ3) is 4.08. The average Bonchev–Trinajstić information content (AvgIpc) is 2.78. The van der Waals surface area contributed by atoms with E-state index in [0.29, 0.717) is 57.2 Å². The molecule has 0 saturated heterocycles. The normalized spacial score (nSPS) is 18.1. The van der Waals surface area contributed by atoms with Crippen LogP contribution in [0, 0.1) is 11.3 Å². The van der Waals surface area contributed by atoms with Gasteiger partial charge < -0.3 is 19.9 Å². The zero-order chi connectivity index (χ0) is 22.8. The molecule has 0 fully saturated rings. The van der Waals surface area contributed by atoms with E-state index in [0.717, 1.165) is 5.56 Å². The maximum Gasteiger partial charge on any atom is 0.205 e. The van der Waals surface area contributed by atoms with Crippen molar-refractivity contribution >= 4 is 33.3 Å². The summed E-state index contributed by atoms with van der Waals surface area (Å²) in [6.07, 6.45) is 1.71. The number of ether oxygens (including phenoxy) is 3. The summed E-state index contributed by atoms with van der Waals surface area (Å²) in [6, 6.07) is 13.1. The molecule has 6 nitrogen and oxygen atoms in total. The summed E-state index contributed by atoms with van der Waals surface area (Å²) in [5.74, 6) is 0.846. The Labute approximate surface area is 199 Å². The molecule has 2 aliphatic rings. The lowest BCUT2D eigenvalue weighted by molar-refractivity contribution is -0.116. The van der Waals surface area contributed by atoms with Gasteiger partial charge >= 0.3 is 0 Å². The van der Waals surface area contributed by atoms with Crippen LogP contribution < -0.4 is 15.2 Å². The maximum atomic E-state index is 12.8. The number of hydrogen-bond donors (Lipinski definition) is 1. The van der Waals surface area contributed by atoms with Gasteiger partial charge in [-0.3, -0.25) is 4.79 Å². The monoisotopic (exact) mass is 514 g/mol. The number of Topliss-reactive ketones (excluding diaryl/α,β-unsaturated/α-hetero) is 1. The zero-order valence-electron chi connectivity index (χ0n) is 17.3. The molecule has 164 valence electrons. The number of nitriles is 1. The highest BCUT2D eigenvalue weighted by Gasteiger charge is 2.38. The van der Waals surface area contributed by atoms with Crippen molar-refractivity contribution in [1.82, 2.24) is 0 Å².